The van der Waals surface area contributed by atoms with Crippen molar-refractivity contribution in [3.05, 3.63) is 81.9 Å². The number of esters is 1. The maximum atomic E-state index is 13.5. The molecule has 0 fully saturated rings. The van der Waals surface area contributed by atoms with Gasteiger partial charge in [-0.1, -0.05) is 52.0 Å². The third-order valence-electron chi connectivity index (χ3n) is 6.40. The predicted molar refractivity (Wildman–Crippen MR) is 140 cm³/mol. The molecule has 0 amide bonds. The number of aromatic nitrogens is 1. The zero-order chi connectivity index (χ0) is 24.9. The second kappa shape index (κ2) is 11.1. The monoisotopic (exact) mass is 444 g/mol. The van der Waals surface area contributed by atoms with Gasteiger partial charge in [-0.25, -0.2) is 4.79 Å². The molecule has 0 radical (unpaired) electrons. The number of ether oxygens (including phenoxy) is 1. The largest absolute Gasteiger partial charge is 0.422 e. The van der Waals surface area contributed by atoms with Gasteiger partial charge in [0.15, 0.2) is 0 Å². The number of hydrogen-bond acceptors (Lipinski definition) is 2. The number of rotatable bonds is 2. The van der Waals surface area contributed by atoms with Crippen molar-refractivity contribution >= 4 is 27.8 Å². The average molecular weight is 445 g/mol. The van der Waals surface area contributed by atoms with Crippen molar-refractivity contribution in [2.45, 2.75) is 62.3 Å². The summed E-state index contributed by atoms with van der Waals surface area (Å²) in [5.74, 6) is 0.365. The molecule has 0 unspecified atom stereocenters. The van der Waals surface area contributed by atoms with Crippen LogP contribution in [0.1, 0.15) is 65.9 Å². The van der Waals surface area contributed by atoms with Crippen LogP contribution in [-0.4, -0.2) is 5.97 Å². The molecule has 0 aliphatic rings. The minimum atomic E-state index is -0.313. The van der Waals surface area contributed by atoms with E-state index in [9.17, 15) is 4.79 Å². The summed E-state index contributed by atoms with van der Waals surface area (Å²) >= 11 is 0. The summed E-state index contributed by atoms with van der Waals surface area (Å²) in [5, 5.41) is 1.80. The minimum Gasteiger partial charge on any atom is -0.422 e. The van der Waals surface area contributed by atoms with E-state index in [1.165, 1.54) is 16.7 Å². The van der Waals surface area contributed by atoms with Crippen molar-refractivity contribution in [1.29, 1.82) is 0 Å². The molecule has 3 aromatic carbocycles. The van der Waals surface area contributed by atoms with E-state index < -0.39 is 0 Å². The number of fused-ring (bicyclic) bond motifs is 2. The maximum Gasteiger partial charge on any atom is 0.345 e. The summed E-state index contributed by atoms with van der Waals surface area (Å²) < 4.78 is 8.21. The predicted octanol–water partition coefficient (Wildman–Crippen LogP) is 7.63. The Morgan fingerprint density at radius 1 is 0.636 bits per heavy atom. The van der Waals surface area contributed by atoms with Gasteiger partial charge in [0.05, 0.1) is 16.3 Å². The summed E-state index contributed by atoms with van der Waals surface area (Å²) in [6, 6.07) is 16.0. The first-order valence-corrected chi connectivity index (χ1v) is 11.9. The zero-order valence-electron chi connectivity index (χ0n) is 21.9. The van der Waals surface area contributed by atoms with Crippen LogP contribution in [0.4, 0.5) is 0 Å². The number of aryl methyl sites for hydroxylation is 1. The Morgan fingerprint density at radius 2 is 1.00 bits per heavy atom. The molecule has 0 aliphatic heterocycles. The van der Waals surface area contributed by atoms with Gasteiger partial charge in [-0.2, -0.15) is 4.57 Å². The highest BCUT2D eigenvalue weighted by Gasteiger charge is 2.25. The molecule has 0 aliphatic carbocycles. The third kappa shape index (κ3) is 4.64. The van der Waals surface area contributed by atoms with Crippen LogP contribution in [0.25, 0.3) is 21.8 Å². The summed E-state index contributed by atoms with van der Waals surface area (Å²) in [7, 11) is 2.03. The molecule has 0 saturated heterocycles. The number of carbonyl (C=O) groups is 1. The third-order valence-corrected chi connectivity index (χ3v) is 6.40. The number of hydrogen-bond donors (Lipinski definition) is 0. The Morgan fingerprint density at radius 3 is 1.42 bits per heavy atom. The average Bonchev–Trinajstić information content (AvgIpc) is 2.87. The highest BCUT2D eigenvalue weighted by molar-refractivity contribution is 6.13. The molecule has 0 saturated carbocycles. The second-order valence-electron chi connectivity index (χ2n) is 7.81. The molecule has 4 rings (SSSR count). The van der Waals surface area contributed by atoms with Crippen molar-refractivity contribution in [3.63, 3.8) is 0 Å². The summed E-state index contributed by atoms with van der Waals surface area (Å²) in [5.41, 5.74) is 8.26. The molecule has 1 aromatic heterocycles. The van der Waals surface area contributed by atoms with Crippen LogP contribution in [0.5, 0.6) is 5.75 Å². The summed E-state index contributed by atoms with van der Waals surface area (Å²) in [4.78, 5) is 13.5. The van der Waals surface area contributed by atoms with Gasteiger partial charge in [0, 0.05) is 12.1 Å². The fourth-order valence-corrected chi connectivity index (χ4v) is 4.21. The van der Waals surface area contributed by atoms with Gasteiger partial charge < -0.3 is 4.74 Å². The second-order valence-corrected chi connectivity index (χ2v) is 7.81. The van der Waals surface area contributed by atoms with Crippen LogP contribution < -0.4 is 9.30 Å². The molecular formula is C30H38NO2+. The van der Waals surface area contributed by atoms with E-state index in [4.69, 9.17) is 4.74 Å². The molecule has 0 N–H and O–H groups in total. The fraction of sp³-hybridized carbons (Fsp3) is 0.333. The Bertz CT molecular complexity index is 1220. The van der Waals surface area contributed by atoms with Gasteiger partial charge in [-0.3, -0.25) is 0 Å². The van der Waals surface area contributed by atoms with Crippen LogP contribution in [0, 0.1) is 34.6 Å². The van der Waals surface area contributed by atoms with E-state index in [2.05, 4.69) is 25.3 Å². The summed E-state index contributed by atoms with van der Waals surface area (Å²) in [6.45, 7) is 18.3. The number of carbonyl (C=O) groups excluding carboxylic acids is 1. The molecule has 33 heavy (non-hydrogen) atoms. The molecule has 1 heterocycles. The molecular weight excluding hydrogens is 406 g/mol. The van der Waals surface area contributed by atoms with Crippen molar-refractivity contribution < 1.29 is 14.1 Å². The van der Waals surface area contributed by atoms with E-state index in [1.54, 1.807) is 0 Å². The van der Waals surface area contributed by atoms with Gasteiger partial charge >= 0.3 is 5.97 Å². The Hall–Kier alpha value is -3.20. The quantitative estimate of drug-likeness (QED) is 0.138. The van der Waals surface area contributed by atoms with Crippen LogP contribution >= 0.6 is 0 Å². The van der Waals surface area contributed by atoms with Crippen molar-refractivity contribution in [3.8, 4) is 5.75 Å². The molecule has 4 aromatic rings. The van der Waals surface area contributed by atoms with Crippen LogP contribution in [-0.2, 0) is 7.05 Å². The normalized spacial score (nSPS) is 10.2. The smallest absolute Gasteiger partial charge is 0.345 e. The zero-order valence-corrected chi connectivity index (χ0v) is 21.9. The van der Waals surface area contributed by atoms with Gasteiger partial charge in [0.25, 0.3) is 0 Å². The fourth-order valence-electron chi connectivity index (χ4n) is 4.21. The van der Waals surface area contributed by atoms with Crippen LogP contribution in [0.3, 0.4) is 0 Å². The lowest BCUT2D eigenvalue weighted by Gasteiger charge is -2.18. The molecule has 174 valence electrons. The number of nitrogens with zero attached hydrogens (tertiary/aromatic N) is 1. The lowest BCUT2D eigenvalue weighted by atomic mass is 9.94. The number of para-hydroxylation sites is 2. The first-order valence-electron chi connectivity index (χ1n) is 11.9. The van der Waals surface area contributed by atoms with Gasteiger partial charge in [-0.15, -0.1) is 0 Å². The lowest BCUT2D eigenvalue weighted by molar-refractivity contribution is -0.617. The first-order chi connectivity index (χ1) is 15.8. The molecule has 3 heteroatoms. The van der Waals surface area contributed by atoms with Crippen molar-refractivity contribution in [2.24, 2.45) is 7.05 Å². The lowest BCUT2D eigenvalue weighted by Crippen LogP contribution is -2.31. The van der Waals surface area contributed by atoms with Crippen LogP contribution in [0.2, 0.25) is 0 Å². The van der Waals surface area contributed by atoms with Gasteiger partial charge in [-0.05, 0) is 74.6 Å². The Kier molecular flexibility index (Phi) is 8.76. The van der Waals surface area contributed by atoms with E-state index in [1.807, 2.05) is 97.1 Å². The topological polar surface area (TPSA) is 30.2 Å². The minimum absolute atomic E-state index is 0.313. The summed E-state index contributed by atoms with van der Waals surface area (Å²) in [6.07, 6.45) is 0. The number of benzene rings is 3. The van der Waals surface area contributed by atoms with E-state index in [0.29, 0.717) is 11.3 Å². The van der Waals surface area contributed by atoms with Crippen LogP contribution in [0.15, 0.2) is 48.5 Å². The first kappa shape index (κ1) is 26.1. The molecule has 0 spiro atoms. The Labute approximate surface area is 199 Å². The van der Waals surface area contributed by atoms with Crippen molar-refractivity contribution in [2.75, 3.05) is 0 Å². The highest BCUT2D eigenvalue weighted by atomic mass is 16.5. The maximum absolute atomic E-state index is 13.5. The SMILES string of the molecule is CC.CC.Cc1c(C)c(C)c(OC(=O)c2c3ccccc3[n+](C)c3ccccc23)c(C)c1C. The van der Waals surface area contributed by atoms with Gasteiger partial charge in [0.2, 0.25) is 11.0 Å². The Balaban J connectivity index is 0.000000914. The number of pyridine rings is 1. The molecule has 0 atom stereocenters. The molecule has 0 bridgehead atoms. The van der Waals surface area contributed by atoms with Crippen molar-refractivity contribution in [1.82, 2.24) is 0 Å². The van der Waals surface area contributed by atoms with E-state index >= 15 is 0 Å². The van der Waals surface area contributed by atoms with E-state index in [-0.39, 0.29) is 5.97 Å². The standard InChI is InChI=1S/C26H26NO2.2C2H6/c1-15-16(2)18(4)25(19(5)17(15)3)29-26(28)24-20-11-7-9-13-22(20)27(6)23-14-10-8-12-21(23)24;2*1-2/h7-14H,1-6H3;2*1-2H3/q+1;;. The van der Waals surface area contributed by atoms with E-state index in [0.717, 1.165) is 32.9 Å². The highest BCUT2D eigenvalue weighted by Crippen LogP contribution is 2.34. The van der Waals surface area contributed by atoms with Gasteiger partial charge in [0.1, 0.15) is 12.8 Å². The molecule has 3 nitrogen and oxygen atoms in total.